The van der Waals surface area contributed by atoms with Crippen molar-refractivity contribution in [3.8, 4) is 5.75 Å². The molecule has 0 saturated heterocycles. The molecule has 0 atom stereocenters. The van der Waals surface area contributed by atoms with Crippen LogP contribution in [0.4, 0.5) is 18.0 Å². The summed E-state index contributed by atoms with van der Waals surface area (Å²) in [6.45, 7) is -0.308. The third kappa shape index (κ3) is 6.51. The predicted molar refractivity (Wildman–Crippen MR) is 58.4 cm³/mol. The van der Waals surface area contributed by atoms with Crippen molar-refractivity contribution < 1.29 is 32.5 Å². The Balaban J connectivity index is 2.42. The highest BCUT2D eigenvalue weighted by molar-refractivity contribution is 5.67. The first kappa shape index (κ1) is 15.1. The molecule has 0 aliphatic carbocycles. The fourth-order valence-corrected chi connectivity index (χ4v) is 1.17. The lowest BCUT2D eigenvalue weighted by Gasteiger charge is -2.09. The Morgan fingerprint density at radius 3 is 2.42 bits per heavy atom. The van der Waals surface area contributed by atoms with E-state index in [2.05, 4.69) is 14.8 Å². The fraction of sp³-hybridized carbons (Fsp3) is 0.364. The second-order valence-electron chi connectivity index (χ2n) is 3.40. The highest BCUT2D eigenvalue weighted by Gasteiger charge is 2.30. The summed E-state index contributed by atoms with van der Waals surface area (Å²) in [6.07, 6.45) is -5.45. The standard InChI is InChI=1S/C11H12F3NO4/c12-11(13,14)19-9-3-1-8(2-4-9)7-15-10(17)18-6-5-16/h1-4,16H,5-7H2,(H,15,17). The molecule has 5 nitrogen and oxygen atoms in total. The second kappa shape index (κ2) is 6.83. The summed E-state index contributed by atoms with van der Waals surface area (Å²) in [7, 11) is 0. The molecule has 1 amide bonds. The van der Waals surface area contributed by atoms with Gasteiger partial charge in [0.25, 0.3) is 0 Å². The third-order valence-corrected chi connectivity index (χ3v) is 1.92. The van der Waals surface area contributed by atoms with E-state index in [-0.39, 0.29) is 25.5 Å². The Bertz CT molecular complexity index is 405. The number of benzene rings is 1. The average molecular weight is 279 g/mol. The maximum atomic E-state index is 11.9. The van der Waals surface area contributed by atoms with E-state index in [1.165, 1.54) is 12.1 Å². The van der Waals surface area contributed by atoms with E-state index in [0.717, 1.165) is 12.1 Å². The first-order chi connectivity index (χ1) is 8.90. The smallest absolute Gasteiger partial charge is 0.447 e. The van der Waals surface area contributed by atoms with Crippen molar-refractivity contribution in [2.45, 2.75) is 12.9 Å². The molecule has 0 spiro atoms. The van der Waals surface area contributed by atoms with Gasteiger partial charge < -0.3 is 19.9 Å². The number of hydrogen-bond acceptors (Lipinski definition) is 4. The van der Waals surface area contributed by atoms with E-state index >= 15 is 0 Å². The molecule has 2 N–H and O–H groups in total. The Labute approximate surface area is 106 Å². The topological polar surface area (TPSA) is 67.8 Å². The monoisotopic (exact) mass is 279 g/mol. The number of amides is 1. The zero-order chi connectivity index (χ0) is 14.3. The molecule has 0 radical (unpaired) electrons. The molecule has 1 aromatic rings. The third-order valence-electron chi connectivity index (χ3n) is 1.92. The van der Waals surface area contributed by atoms with Crippen LogP contribution in [0, 0.1) is 0 Å². The number of rotatable bonds is 5. The van der Waals surface area contributed by atoms with Crippen molar-refractivity contribution in [2.24, 2.45) is 0 Å². The van der Waals surface area contributed by atoms with Crippen LogP contribution in [0.1, 0.15) is 5.56 Å². The lowest BCUT2D eigenvalue weighted by Crippen LogP contribution is -2.24. The molecule has 19 heavy (non-hydrogen) atoms. The van der Waals surface area contributed by atoms with Gasteiger partial charge in [-0.2, -0.15) is 0 Å². The first-order valence-corrected chi connectivity index (χ1v) is 5.27. The van der Waals surface area contributed by atoms with Crippen LogP contribution in [0.25, 0.3) is 0 Å². The van der Waals surface area contributed by atoms with Gasteiger partial charge in [0.1, 0.15) is 12.4 Å². The lowest BCUT2D eigenvalue weighted by molar-refractivity contribution is -0.274. The summed E-state index contributed by atoms with van der Waals surface area (Å²) >= 11 is 0. The lowest BCUT2D eigenvalue weighted by atomic mass is 10.2. The summed E-state index contributed by atoms with van der Waals surface area (Å²) < 4.78 is 43.9. The SMILES string of the molecule is O=C(NCc1ccc(OC(F)(F)F)cc1)OCCO. The van der Waals surface area contributed by atoms with E-state index < -0.39 is 12.5 Å². The van der Waals surface area contributed by atoms with Gasteiger partial charge in [-0.05, 0) is 17.7 Å². The molecule has 106 valence electrons. The molecular weight excluding hydrogens is 267 g/mol. The van der Waals surface area contributed by atoms with E-state index in [4.69, 9.17) is 5.11 Å². The summed E-state index contributed by atoms with van der Waals surface area (Å²) in [5, 5.41) is 10.8. The molecule has 0 unspecified atom stereocenters. The number of ether oxygens (including phenoxy) is 2. The summed E-state index contributed by atoms with van der Waals surface area (Å²) in [5.74, 6) is -0.334. The molecule has 8 heteroatoms. The Hall–Kier alpha value is -1.96. The number of aliphatic hydroxyl groups excluding tert-OH is 1. The number of halogens is 3. The van der Waals surface area contributed by atoms with Gasteiger partial charge in [0.15, 0.2) is 0 Å². The number of carbonyl (C=O) groups is 1. The highest BCUT2D eigenvalue weighted by atomic mass is 19.4. The van der Waals surface area contributed by atoms with Crippen LogP contribution in [-0.4, -0.2) is 30.8 Å². The molecule has 0 aliphatic heterocycles. The van der Waals surface area contributed by atoms with Crippen molar-refractivity contribution in [1.29, 1.82) is 0 Å². The quantitative estimate of drug-likeness (QED) is 0.862. The first-order valence-electron chi connectivity index (χ1n) is 5.27. The minimum Gasteiger partial charge on any atom is -0.447 e. The fourth-order valence-electron chi connectivity index (χ4n) is 1.17. The van der Waals surface area contributed by atoms with Gasteiger partial charge in [-0.15, -0.1) is 13.2 Å². The normalized spacial score (nSPS) is 10.9. The zero-order valence-electron chi connectivity index (χ0n) is 9.74. The van der Waals surface area contributed by atoms with Crippen molar-refractivity contribution in [3.63, 3.8) is 0 Å². The van der Waals surface area contributed by atoms with E-state index in [9.17, 15) is 18.0 Å². The second-order valence-corrected chi connectivity index (χ2v) is 3.40. The number of nitrogens with one attached hydrogen (secondary N) is 1. The van der Waals surface area contributed by atoms with Crippen molar-refractivity contribution in [2.75, 3.05) is 13.2 Å². The molecule has 0 saturated carbocycles. The molecular formula is C11H12F3NO4. The van der Waals surface area contributed by atoms with Gasteiger partial charge in [-0.3, -0.25) is 0 Å². The van der Waals surface area contributed by atoms with E-state index in [1.54, 1.807) is 0 Å². The maximum Gasteiger partial charge on any atom is 0.573 e. The summed E-state index contributed by atoms with van der Waals surface area (Å²) in [5.41, 5.74) is 0.579. The molecule has 0 aromatic heterocycles. The van der Waals surface area contributed by atoms with Crippen LogP contribution >= 0.6 is 0 Å². The maximum absolute atomic E-state index is 11.9. The van der Waals surface area contributed by atoms with Gasteiger partial charge in [0.2, 0.25) is 0 Å². The van der Waals surface area contributed by atoms with Crippen LogP contribution in [0.2, 0.25) is 0 Å². The summed E-state index contributed by atoms with van der Waals surface area (Å²) in [4.78, 5) is 11.0. The minimum atomic E-state index is -4.73. The van der Waals surface area contributed by atoms with Gasteiger partial charge in [0.05, 0.1) is 6.61 Å². The number of aliphatic hydroxyl groups is 1. The largest absolute Gasteiger partial charge is 0.573 e. The molecule has 0 aliphatic rings. The zero-order valence-corrected chi connectivity index (χ0v) is 9.74. The van der Waals surface area contributed by atoms with Gasteiger partial charge >= 0.3 is 12.5 Å². The van der Waals surface area contributed by atoms with Gasteiger partial charge in [-0.1, -0.05) is 12.1 Å². The molecule has 0 heterocycles. The number of alkyl carbamates (subject to hydrolysis) is 1. The van der Waals surface area contributed by atoms with Crippen LogP contribution in [-0.2, 0) is 11.3 Å². The van der Waals surface area contributed by atoms with Crippen molar-refractivity contribution in [3.05, 3.63) is 29.8 Å². The number of alkyl halides is 3. The molecule has 1 rings (SSSR count). The Morgan fingerprint density at radius 1 is 1.26 bits per heavy atom. The predicted octanol–water partition coefficient (Wildman–Crippen LogP) is 1.80. The molecule has 1 aromatic carbocycles. The summed E-state index contributed by atoms with van der Waals surface area (Å²) in [6, 6.07) is 5.05. The molecule has 0 bridgehead atoms. The Kier molecular flexibility index (Phi) is 5.43. The Morgan fingerprint density at radius 2 is 1.89 bits per heavy atom. The minimum absolute atomic E-state index is 0.0938. The average Bonchev–Trinajstić information content (AvgIpc) is 2.33. The molecule has 0 fully saturated rings. The van der Waals surface area contributed by atoms with E-state index in [0.29, 0.717) is 5.56 Å². The van der Waals surface area contributed by atoms with Crippen LogP contribution in [0.5, 0.6) is 5.75 Å². The van der Waals surface area contributed by atoms with Crippen LogP contribution in [0.15, 0.2) is 24.3 Å². The van der Waals surface area contributed by atoms with E-state index in [1.807, 2.05) is 0 Å². The number of hydrogen-bond donors (Lipinski definition) is 2. The number of carbonyl (C=O) groups excluding carboxylic acids is 1. The van der Waals surface area contributed by atoms with Gasteiger partial charge in [0, 0.05) is 6.54 Å². The van der Waals surface area contributed by atoms with Crippen molar-refractivity contribution in [1.82, 2.24) is 5.32 Å². The van der Waals surface area contributed by atoms with Gasteiger partial charge in [-0.25, -0.2) is 4.79 Å². The van der Waals surface area contributed by atoms with Crippen LogP contribution < -0.4 is 10.1 Å². The highest BCUT2D eigenvalue weighted by Crippen LogP contribution is 2.22. The van der Waals surface area contributed by atoms with Crippen LogP contribution in [0.3, 0.4) is 0 Å². The van der Waals surface area contributed by atoms with Crippen molar-refractivity contribution >= 4 is 6.09 Å².